The molecule has 0 unspecified atom stereocenters. The molecule has 4 heteroatoms. The highest BCUT2D eigenvalue weighted by molar-refractivity contribution is 14.1. The van der Waals surface area contributed by atoms with Crippen LogP contribution in [-0.2, 0) is 0 Å². The van der Waals surface area contributed by atoms with Crippen LogP contribution < -0.4 is 10.6 Å². The van der Waals surface area contributed by atoms with Crippen LogP contribution in [0.2, 0.25) is 0 Å². The maximum atomic E-state index is 11.2. The van der Waals surface area contributed by atoms with E-state index in [4.69, 9.17) is 0 Å². The lowest BCUT2D eigenvalue weighted by Gasteiger charge is -2.06. The molecular formula is C10H13IN2O. The first kappa shape index (κ1) is 11.3. The third kappa shape index (κ3) is 3.95. The van der Waals surface area contributed by atoms with Gasteiger partial charge in [-0.25, -0.2) is 4.79 Å². The standard InChI is InChI=1S/C10H13IN2O/c1-8-2-4-9(5-3-8)13-10(14)12-7-6-11/h2-5H,6-7H2,1H3,(H2,12,13,14). The van der Waals surface area contributed by atoms with Crippen LogP contribution in [0.4, 0.5) is 10.5 Å². The van der Waals surface area contributed by atoms with Gasteiger partial charge in [0.2, 0.25) is 0 Å². The first-order valence-electron chi connectivity index (χ1n) is 4.40. The van der Waals surface area contributed by atoms with Crippen LogP contribution in [0.5, 0.6) is 0 Å². The Morgan fingerprint density at radius 2 is 2.00 bits per heavy atom. The minimum Gasteiger partial charge on any atom is -0.337 e. The van der Waals surface area contributed by atoms with E-state index in [1.54, 1.807) is 0 Å². The molecule has 2 amide bonds. The van der Waals surface area contributed by atoms with Gasteiger partial charge in [0.25, 0.3) is 0 Å². The third-order valence-corrected chi connectivity index (χ3v) is 2.23. The molecule has 0 aliphatic rings. The van der Waals surface area contributed by atoms with E-state index in [1.165, 1.54) is 5.56 Å². The van der Waals surface area contributed by atoms with Crippen molar-refractivity contribution in [3.63, 3.8) is 0 Å². The highest BCUT2D eigenvalue weighted by atomic mass is 127. The summed E-state index contributed by atoms with van der Waals surface area (Å²) in [5, 5.41) is 5.49. The Hall–Kier alpha value is -0.780. The fraction of sp³-hybridized carbons (Fsp3) is 0.300. The summed E-state index contributed by atoms with van der Waals surface area (Å²) in [6, 6.07) is 7.56. The van der Waals surface area contributed by atoms with Crippen LogP contribution in [0, 0.1) is 6.92 Å². The number of anilines is 1. The van der Waals surface area contributed by atoms with Crippen molar-refractivity contribution in [1.82, 2.24) is 5.32 Å². The zero-order valence-electron chi connectivity index (χ0n) is 8.01. The summed E-state index contributed by atoms with van der Waals surface area (Å²) < 4.78 is 0.916. The van der Waals surface area contributed by atoms with E-state index in [0.29, 0.717) is 6.54 Å². The molecule has 0 heterocycles. The van der Waals surface area contributed by atoms with E-state index in [2.05, 4.69) is 33.2 Å². The SMILES string of the molecule is Cc1ccc(NC(=O)NCCI)cc1. The average molecular weight is 304 g/mol. The van der Waals surface area contributed by atoms with Crippen LogP contribution in [0.25, 0.3) is 0 Å². The van der Waals surface area contributed by atoms with Gasteiger partial charge < -0.3 is 10.6 Å². The van der Waals surface area contributed by atoms with Crippen molar-refractivity contribution in [1.29, 1.82) is 0 Å². The quantitative estimate of drug-likeness (QED) is 0.654. The van der Waals surface area contributed by atoms with Crippen LogP contribution in [0.15, 0.2) is 24.3 Å². The smallest absolute Gasteiger partial charge is 0.319 e. The zero-order valence-corrected chi connectivity index (χ0v) is 10.2. The lowest BCUT2D eigenvalue weighted by Crippen LogP contribution is -2.30. The lowest BCUT2D eigenvalue weighted by atomic mass is 10.2. The van der Waals surface area contributed by atoms with E-state index in [-0.39, 0.29) is 6.03 Å². The summed E-state index contributed by atoms with van der Waals surface area (Å²) in [6.07, 6.45) is 0. The van der Waals surface area contributed by atoms with Gasteiger partial charge in [-0.1, -0.05) is 40.3 Å². The van der Waals surface area contributed by atoms with E-state index >= 15 is 0 Å². The first-order chi connectivity index (χ1) is 6.72. The molecule has 0 aliphatic carbocycles. The number of benzene rings is 1. The number of aryl methyl sites for hydroxylation is 1. The van der Waals surface area contributed by atoms with Gasteiger partial charge in [-0.2, -0.15) is 0 Å². The number of rotatable bonds is 3. The number of amides is 2. The summed E-state index contributed by atoms with van der Waals surface area (Å²) in [5.74, 6) is 0. The van der Waals surface area contributed by atoms with E-state index in [0.717, 1.165) is 10.1 Å². The minimum absolute atomic E-state index is 0.148. The van der Waals surface area contributed by atoms with Crippen molar-refractivity contribution in [2.45, 2.75) is 6.92 Å². The Morgan fingerprint density at radius 3 is 2.57 bits per heavy atom. The van der Waals surface area contributed by atoms with Gasteiger partial charge >= 0.3 is 6.03 Å². The Morgan fingerprint density at radius 1 is 1.36 bits per heavy atom. The topological polar surface area (TPSA) is 41.1 Å². The number of urea groups is 1. The highest BCUT2D eigenvalue weighted by Crippen LogP contribution is 2.07. The van der Waals surface area contributed by atoms with Gasteiger partial charge in [-0.15, -0.1) is 0 Å². The predicted octanol–water partition coefficient (Wildman–Crippen LogP) is 2.55. The molecule has 0 saturated carbocycles. The molecule has 0 radical (unpaired) electrons. The van der Waals surface area contributed by atoms with Crippen LogP contribution >= 0.6 is 22.6 Å². The Bertz CT molecular complexity index is 297. The maximum Gasteiger partial charge on any atom is 0.319 e. The van der Waals surface area contributed by atoms with E-state index < -0.39 is 0 Å². The Kier molecular flexibility index (Phi) is 4.72. The van der Waals surface area contributed by atoms with Gasteiger partial charge in [0, 0.05) is 16.7 Å². The summed E-state index contributed by atoms with van der Waals surface area (Å²) in [5.41, 5.74) is 2.00. The number of hydrogen-bond donors (Lipinski definition) is 2. The maximum absolute atomic E-state index is 11.2. The fourth-order valence-corrected chi connectivity index (χ4v) is 1.24. The predicted molar refractivity (Wildman–Crippen MR) is 67.1 cm³/mol. The molecule has 1 rings (SSSR count). The van der Waals surface area contributed by atoms with Gasteiger partial charge in [-0.3, -0.25) is 0 Å². The molecule has 1 aromatic carbocycles. The van der Waals surface area contributed by atoms with Gasteiger partial charge in [0.05, 0.1) is 0 Å². The van der Waals surface area contributed by atoms with Gasteiger partial charge in [-0.05, 0) is 19.1 Å². The minimum atomic E-state index is -0.148. The van der Waals surface area contributed by atoms with Crippen molar-refractivity contribution in [3.8, 4) is 0 Å². The fourth-order valence-electron chi connectivity index (χ4n) is 0.973. The normalized spacial score (nSPS) is 9.57. The summed E-state index contributed by atoms with van der Waals surface area (Å²) in [6.45, 7) is 2.71. The molecule has 0 aromatic heterocycles. The lowest BCUT2D eigenvalue weighted by molar-refractivity contribution is 0.252. The molecule has 0 aliphatic heterocycles. The van der Waals surface area contributed by atoms with Crippen molar-refractivity contribution in [2.24, 2.45) is 0 Å². The molecule has 0 spiro atoms. The largest absolute Gasteiger partial charge is 0.337 e. The number of hydrogen-bond acceptors (Lipinski definition) is 1. The molecule has 0 bridgehead atoms. The van der Waals surface area contributed by atoms with Crippen LogP contribution in [0.1, 0.15) is 5.56 Å². The molecular weight excluding hydrogens is 291 g/mol. The molecule has 14 heavy (non-hydrogen) atoms. The van der Waals surface area contributed by atoms with Crippen molar-refractivity contribution >= 4 is 34.3 Å². The van der Waals surface area contributed by atoms with Crippen LogP contribution in [-0.4, -0.2) is 17.0 Å². The van der Waals surface area contributed by atoms with Crippen LogP contribution in [0.3, 0.4) is 0 Å². The van der Waals surface area contributed by atoms with Crippen molar-refractivity contribution < 1.29 is 4.79 Å². The van der Waals surface area contributed by atoms with Gasteiger partial charge in [0.1, 0.15) is 0 Å². The van der Waals surface area contributed by atoms with E-state index in [9.17, 15) is 4.79 Å². The monoisotopic (exact) mass is 304 g/mol. The average Bonchev–Trinajstić information content (AvgIpc) is 2.18. The summed E-state index contributed by atoms with van der Waals surface area (Å²) in [7, 11) is 0. The second kappa shape index (κ2) is 5.85. The molecule has 1 aromatic rings. The Labute approximate surface area is 97.4 Å². The van der Waals surface area contributed by atoms with Crippen molar-refractivity contribution in [3.05, 3.63) is 29.8 Å². The summed E-state index contributed by atoms with van der Waals surface area (Å²) in [4.78, 5) is 11.2. The number of nitrogens with one attached hydrogen (secondary N) is 2. The number of halogens is 1. The second-order valence-electron chi connectivity index (χ2n) is 2.94. The number of carbonyl (C=O) groups is 1. The molecule has 0 atom stereocenters. The molecule has 0 saturated heterocycles. The second-order valence-corrected chi connectivity index (χ2v) is 4.01. The zero-order chi connectivity index (χ0) is 10.4. The molecule has 76 valence electrons. The third-order valence-electron chi connectivity index (χ3n) is 1.69. The number of alkyl halides is 1. The summed E-state index contributed by atoms with van der Waals surface area (Å²) >= 11 is 2.21. The molecule has 3 nitrogen and oxygen atoms in total. The molecule has 2 N–H and O–H groups in total. The molecule has 0 fully saturated rings. The first-order valence-corrected chi connectivity index (χ1v) is 5.92. The van der Waals surface area contributed by atoms with Gasteiger partial charge in [0.15, 0.2) is 0 Å². The highest BCUT2D eigenvalue weighted by Gasteiger charge is 1.98. The van der Waals surface area contributed by atoms with E-state index in [1.807, 2.05) is 31.2 Å². The number of carbonyl (C=O) groups excluding carboxylic acids is 1. The Balaban J connectivity index is 2.44. The van der Waals surface area contributed by atoms with Crippen molar-refractivity contribution in [2.75, 3.05) is 16.3 Å².